The molecule has 0 radical (unpaired) electrons. The van der Waals surface area contributed by atoms with Crippen molar-refractivity contribution >= 4 is 5.91 Å². The zero-order chi connectivity index (χ0) is 17.0. The number of nitrogens with zero attached hydrogens (tertiary/aromatic N) is 3. The molecule has 0 aliphatic heterocycles. The van der Waals surface area contributed by atoms with E-state index in [1.807, 2.05) is 32.9 Å². The standard InChI is InChI=1S/C18H23N3O2/c1-12(2)18-19-9-15(10-20-18)11-21(4)17(23)8-14-6-5-13(3)16(22)7-14/h5-7,9-10,12,22H,8,11H2,1-4H3. The second kappa shape index (κ2) is 7.22. The number of hydrogen-bond donors (Lipinski definition) is 1. The molecular formula is C18H23N3O2. The maximum absolute atomic E-state index is 12.3. The van der Waals surface area contributed by atoms with Crippen LogP contribution in [0.15, 0.2) is 30.6 Å². The number of amides is 1. The third-order valence-electron chi connectivity index (χ3n) is 3.72. The fraction of sp³-hybridized carbons (Fsp3) is 0.389. The Balaban J connectivity index is 1.97. The normalized spacial score (nSPS) is 10.8. The third kappa shape index (κ3) is 4.52. The first-order valence-electron chi connectivity index (χ1n) is 7.70. The summed E-state index contributed by atoms with van der Waals surface area (Å²) in [6.45, 7) is 6.38. The van der Waals surface area contributed by atoms with Crippen molar-refractivity contribution in [3.8, 4) is 5.75 Å². The van der Waals surface area contributed by atoms with Crippen LogP contribution >= 0.6 is 0 Å². The van der Waals surface area contributed by atoms with Crippen LogP contribution in [0.25, 0.3) is 0 Å². The monoisotopic (exact) mass is 313 g/mol. The molecule has 0 saturated heterocycles. The van der Waals surface area contributed by atoms with Crippen molar-refractivity contribution in [2.45, 2.75) is 39.7 Å². The largest absolute Gasteiger partial charge is 0.508 e. The van der Waals surface area contributed by atoms with Crippen LogP contribution in [-0.2, 0) is 17.8 Å². The quantitative estimate of drug-likeness (QED) is 0.922. The third-order valence-corrected chi connectivity index (χ3v) is 3.72. The van der Waals surface area contributed by atoms with Crippen LogP contribution < -0.4 is 0 Å². The van der Waals surface area contributed by atoms with Crippen molar-refractivity contribution in [1.82, 2.24) is 14.9 Å². The lowest BCUT2D eigenvalue weighted by Gasteiger charge is -2.17. The summed E-state index contributed by atoms with van der Waals surface area (Å²) in [4.78, 5) is 22.6. The number of hydrogen-bond acceptors (Lipinski definition) is 4. The Bertz CT molecular complexity index is 681. The summed E-state index contributed by atoms with van der Waals surface area (Å²) in [5, 5.41) is 9.72. The molecule has 0 fully saturated rings. The average molecular weight is 313 g/mol. The van der Waals surface area contributed by atoms with Crippen LogP contribution in [0.2, 0.25) is 0 Å². The molecule has 23 heavy (non-hydrogen) atoms. The van der Waals surface area contributed by atoms with Crippen LogP contribution in [0.4, 0.5) is 0 Å². The lowest BCUT2D eigenvalue weighted by atomic mass is 10.1. The second-order valence-electron chi connectivity index (χ2n) is 6.15. The number of benzene rings is 1. The van der Waals surface area contributed by atoms with E-state index in [0.717, 1.165) is 22.5 Å². The van der Waals surface area contributed by atoms with Gasteiger partial charge < -0.3 is 10.0 Å². The molecule has 1 aromatic carbocycles. The minimum atomic E-state index is -0.0128. The maximum atomic E-state index is 12.3. The van der Waals surface area contributed by atoms with Gasteiger partial charge in [-0.3, -0.25) is 4.79 Å². The van der Waals surface area contributed by atoms with Crippen LogP contribution in [-0.4, -0.2) is 32.9 Å². The predicted octanol–water partition coefficient (Wildman–Crippen LogP) is 2.82. The van der Waals surface area contributed by atoms with Gasteiger partial charge >= 0.3 is 0 Å². The molecule has 1 heterocycles. The van der Waals surface area contributed by atoms with Gasteiger partial charge in [-0.1, -0.05) is 26.0 Å². The predicted molar refractivity (Wildman–Crippen MR) is 89.1 cm³/mol. The molecule has 2 aromatic rings. The van der Waals surface area contributed by atoms with E-state index in [9.17, 15) is 9.90 Å². The minimum absolute atomic E-state index is 0.0128. The maximum Gasteiger partial charge on any atom is 0.227 e. The fourth-order valence-electron chi connectivity index (χ4n) is 2.18. The van der Waals surface area contributed by atoms with Crippen LogP contribution in [0.3, 0.4) is 0 Å². The number of aromatic nitrogens is 2. The summed E-state index contributed by atoms with van der Waals surface area (Å²) in [6.07, 6.45) is 3.79. The first-order valence-corrected chi connectivity index (χ1v) is 7.70. The molecule has 5 nitrogen and oxygen atoms in total. The Morgan fingerprint density at radius 3 is 2.43 bits per heavy atom. The van der Waals surface area contributed by atoms with Gasteiger partial charge in [-0.15, -0.1) is 0 Å². The van der Waals surface area contributed by atoms with Gasteiger partial charge in [-0.05, 0) is 24.1 Å². The van der Waals surface area contributed by atoms with E-state index in [-0.39, 0.29) is 24.0 Å². The SMILES string of the molecule is Cc1ccc(CC(=O)N(C)Cc2cnc(C(C)C)nc2)cc1O. The topological polar surface area (TPSA) is 66.3 Å². The van der Waals surface area contributed by atoms with Crippen LogP contribution in [0, 0.1) is 6.92 Å². The molecule has 0 atom stereocenters. The molecule has 1 aromatic heterocycles. The zero-order valence-electron chi connectivity index (χ0n) is 14.1. The Hall–Kier alpha value is -2.43. The van der Waals surface area contributed by atoms with Crippen LogP contribution in [0.1, 0.15) is 42.3 Å². The number of phenols is 1. The van der Waals surface area contributed by atoms with E-state index in [1.165, 1.54) is 0 Å². The molecule has 0 aliphatic rings. The molecule has 0 unspecified atom stereocenters. The van der Waals surface area contributed by atoms with Gasteiger partial charge in [-0.2, -0.15) is 0 Å². The molecule has 1 amide bonds. The summed E-state index contributed by atoms with van der Waals surface area (Å²) >= 11 is 0. The van der Waals surface area contributed by atoms with E-state index in [2.05, 4.69) is 9.97 Å². The smallest absolute Gasteiger partial charge is 0.227 e. The van der Waals surface area contributed by atoms with Gasteiger partial charge in [0.15, 0.2) is 0 Å². The summed E-state index contributed by atoms with van der Waals surface area (Å²) in [7, 11) is 1.76. The number of carbonyl (C=O) groups excluding carboxylic acids is 1. The van der Waals surface area contributed by atoms with Gasteiger partial charge in [0.1, 0.15) is 11.6 Å². The Labute approximate surface area is 137 Å². The van der Waals surface area contributed by atoms with Crippen molar-refractivity contribution in [3.63, 3.8) is 0 Å². The number of carbonyl (C=O) groups is 1. The van der Waals surface area contributed by atoms with Crippen molar-refractivity contribution in [1.29, 1.82) is 0 Å². The number of phenolic OH excluding ortho intramolecular Hbond substituents is 1. The fourth-order valence-corrected chi connectivity index (χ4v) is 2.18. The number of aromatic hydroxyl groups is 1. The lowest BCUT2D eigenvalue weighted by Crippen LogP contribution is -2.27. The van der Waals surface area contributed by atoms with Gasteiger partial charge in [0.2, 0.25) is 5.91 Å². The Morgan fingerprint density at radius 1 is 1.22 bits per heavy atom. The molecular weight excluding hydrogens is 290 g/mol. The minimum Gasteiger partial charge on any atom is -0.508 e. The van der Waals surface area contributed by atoms with Gasteiger partial charge in [-0.25, -0.2) is 9.97 Å². The van der Waals surface area contributed by atoms with Gasteiger partial charge in [0.05, 0.1) is 6.42 Å². The van der Waals surface area contributed by atoms with Crippen molar-refractivity contribution < 1.29 is 9.90 Å². The second-order valence-corrected chi connectivity index (χ2v) is 6.15. The average Bonchev–Trinajstić information content (AvgIpc) is 2.51. The lowest BCUT2D eigenvalue weighted by molar-refractivity contribution is -0.129. The highest BCUT2D eigenvalue weighted by Gasteiger charge is 2.12. The van der Waals surface area contributed by atoms with E-state index < -0.39 is 0 Å². The molecule has 1 N–H and O–H groups in total. The molecule has 0 saturated carbocycles. The summed E-state index contributed by atoms with van der Waals surface area (Å²) in [6, 6.07) is 5.32. The van der Waals surface area contributed by atoms with Gasteiger partial charge in [0.25, 0.3) is 0 Å². The van der Waals surface area contributed by atoms with Crippen LogP contribution in [0.5, 0.6) is 5.75 Å². The van der Waals surface area contributed by atoms with E-state index in [1.54, 1.807) is 30.4 Å². The van der Waals surface area contributed by atoms with Crippen molar-refractivity contribution in [2.24, 2.45) is 0 Å². The highest BCUT2D eigenvalue weighted by Crippen LogP contribution is 2.18. The Kier molecular flexibility index (Phi) is 5.32. The molecule has 0 aliphatic carbocycles. The molecule has 0 bridgehead atoms. The highest BCUT2D eigenvalue weighted by atomic mass is 16.3. The van der Waals surface area contributed by atoms with E-state index >= 15 is 0 Å². The zero-order valence-corrected chi connectivity index (χ0v) is 14.1. The number of aryl methyl sites for hydroxylation is 1. The highest BCUT2D eigenvalue weighted by molar-refractivity contribution is 5.78. The summed E-state index contributed by atoms with van der Waals surface area (Å²) < 4.78 is 0. The number of rotatable bonds is 5. The first kappa shape index (κ1) is 16.9. The van der Waals surface area contributed by atoms with Gasteiger partial charge in [0, 0.05) is 37.5 Å². The summed E-state index contributed by atoms with van der Waals surface area (Å²) in [5.41, 5.74) is 2.50. The first-order chi connectivity index (χ1) is 10.9. The number of likely N-dealkylation sites (N-methyl/N-ethyl adjacent to an activating group) is 1. The molecule has 5 heteroatoms. The Morgan fingerprint density at radius 2 is 1.87 bits per heavy atom. The molecule has 0 spiro atoms. The molecule has 122 valence electrons. The van der Waals surface area contributed by atoms with Crippen molar-refractivity contribution in [3.05, 3.63) is 53.1 Å². The summed E-state index contributed by atoms with van der Waals surface area (Å²) in [5.74, 6) is 1.30. The van der Waals surface area contributed by atoms with E-state index in [0.29, 0.717) is 6.54 Å². The van der Waals surface area contributed by atoms with E-state index in [4.69, 9.17) is 0 Å². The molecule has 2 rings (SSSR count). The van der Waals surface area contributed by atoms with Crippen molar-refractivity contribution in [2.75, 3.05) is 7.05 Å².